The molecule has 0 bridgehead atoms. The Balaban J connectivity index is 0.000000755. The minimum absolute atomic E-state index is 0.0325. The van der Waals surface area contributed by atoms with E-state index in [0.29, 0.717) is 0 Å². The summed E-state index contributed by atoms with van der Waals surface area (Å²) in [6.07, 6.45) is 9.21. The van der Waals surface area contributed by atoms with Crippen LogP contribution in [0.3, 0.4) is 0 Å². The van der Waals surface area contributed by atoms with Gasteiger partial charge >= 0.3 is 0 Å². The second kappa shape index (κ2) is 11.1. The summed E-state index contributed by atoms with van der Waals surface area (Å²) in [6, 6.07) is 8.09. The summed E-state index contributed by atoms with van der Waals surface area (Å²) in [5, 5.41) is 6.94. The van der Waals surface area contributed by atoms with Crippen LogP contribution in [0.15, 0.2) is 29.1 Å². The zero-order valence-corrected chi connectivity index (χ0v) is 18.0. The molecule has 1 saturated heterocycles. The highest BCUT2D eigenvalue weighted by Gasteiger charge is 2.20. The number of nitrogens with zero attached hydrogens (tertiary/aromatic N) is 2. The Morgan fingerprint density at radius 2 is 1.69 bits per heavy atom. The van der Waals surface area contributed by atoms with Gasteiger partial charge in [-0.05, 0) is 81.4 Å². The number of rotatable bonds is 6. The van der Waals surface area contributed by atoms with Crippen LogP contribution in [0.25, 0.3) is 11.3 Å². The molecule has 1 aromatic heterocycles. The predicted molar refractivity (Wildman–Crippen MR) is 119 cm³/mol. The number of aromatic amines is 1. The minimum Gasteiger partial charge on any atom is -0.494 e. The van der Waals surface area contributed by atoms with E-state index in [2.05, 4.69) is 28.9 Å². The second-order valence-corrected chi connectivity index (χ2v) is 8.05. The van der Waals surface area contributed by atoms with E-state index in [1.807, 2.05) is 24.3 Å². The Morgan fingerprint density at radius 1 is 1.00 bits per heavy atom. The highest BCUT2D eigenvalue weighted by molar-refractivity contribution is 5.65. The van der Waals surface area contributed by atoms with Gasteiger partial charge in [-0.2, -0.15) is 5.10 Å². The molecule has 5 nitrogen and oxygen atoms in total. The van der Waals surface area contributed by atoms with Crippen molar-refractivity contribution in [3.8, 4) is 17.0 Å². The molecule has 2 aromatic rings. The quantitative estimate of drug-likeness (QED) is 0.724. The third kappa shape index (κ3) is 5.92. The fraction of sp³-hybridized carbons (Fsp3) is 0.583. The van der Waals surface area contributed by atoms with Gasteiger partial charge in [-0.1, -0.05) is 26.7 Å². The number of H-pyrrole nitrogens is 1. The van der Waals surface area contributed by atoms with Gasteiger partial charge in [-0.3, -0.25) is 4.79 Å². The van der Waals surface area contributed by atoms with Crippen LogP contribution < -0.4 is 10.3 Å². The van der Waals surface area contributed by atoms with Gasteiger partial charge < -0.3 is 9.64 Å². The molecule has 4 rings (SSSR count). The zero-order chi connectivity index (χ0) is 20.5. The maximum atomic E-state index is 11.9. The van der Waals surface area contributed by atoms with Gasteiger partial charge in [-0.25, -0.2) is 5.10 Å². The minimum atomic E-state index is -0.0325. The molecule has 1 aliphatic heterocycles. The summed E-state index contributed by atoms with van der Waals surface area (Å²) in [5.74, 6) is 0.897. The molecule has 0 saturated carbocycles. The lowest BCUT2D eigenvalue weighted by molar-refractivity contribution is 0.205. The van der Waals surface area contributed by atoms with Crippen molar-refractivity contribution < 1.29 is 4.74 Å². The summed E-state index contributed by atoms with van der Waals surface area (Å²) < 4.78 is 5.89. The molecular formula is C24H35N3O2. The molecule has 0 atom stereocenters. The Kier molecular flexibility index (Phi) is 8.29. The number of hydrogen-bond donors (Lipinski definition) is 1. The van der Waals surface area contributed by atoms with Crippen LogP contribution >= 0.6 is 0 Å². The first-order chi connectivity index (χ1) is 14.2. The summed E-state index contributed by atoms with van der Waals surface area (Å²) in [4.78, 5) is 14.4. The van der Waals surface area contributed by atoms with Gasteiger partial charge in [0.1, 0.15) is 5.75 Å². The van der Waals surface area contributed by atoms with Crippen molar-refractivity contribution in [3.63, 3.8) is 0 Å². The topological polar surface area (TPSA) is 58.2 Å². The molecule has 1 N–H and O–H groups in total. The summed E-state index contributed by atoms with van der Waals surface area (Å²) in [7, 11) is 0. The summed E-state index contributed by atoms with van der Waals surface area (Å²) in [5.41, 5.74) is 3.95. The van der Waals surface area contributed by atoms with Crippen molar-refractivity contribution in [3.05, 3.63) is 45.7 Å². The number of fused-ring (bicyclic) bond motifs is 1. The smallest absolute Gasteiger partial charge is 0.267 e. The van der Waals surface area contributed by atoms with Gasteiger partial charge in [0.2, 0.25) is 0 Å². The summed E-state index contributed by atoms with van der Waals surface area (Å²) >= 11 is 0. The van der Waals surface area contributed by atoms with Crippen molar-refractivity contribution in [2.24, 2.45) is 0 Å². The first-order valence-corrected chi connectivity index (χ1v) is 11.3. The lowest BCUT2D eigenvalue weighted by Gasteiger charge is -2.26. The van der Waals surface area contributed by atoms with Crippen LogP contribution in [0.1, 0.15) is 63.5 Å². The lowest BCUT2D eigenvalue weighted by atomic mass is 10.0. The van der Waals surface area contributed by atoms with Crippen LogP contribution in [0.4, 0.5) is 0 Å². The molecule has 0 radical (unpaired) electrons. The first kappa shape index (κ1) is 21.6. The molecule has 29 heavy (non-hydrogen) atoms. The second-order valence-electron chi connectivity index (χ2n) is 8.05. The number of benzene rings is 1. The van der Waals surface area contributed by atoms with Crippen LogP contribution in [0, 0.1) is 0 Å². The standard InChI is InChI=1S/C21H27N3O2.C3H8/c25-21-19-7-4-6-18(19)20(22-23-21)16-8-10-17(11-9-16)26-15-5-14-24-12-2-1-3-13-24;1-3-2/h8-11H,1-7,12-15H2,(H,23,25);3H2,1-2H3. The van der Waals surface area contributed by atoms with Crippen molar-refractivity contribution in [1.82, 2.24) is 15.1 Å². The van der Waals surface area contributed by atoms with E-state index in [0.717, 1.165) is 67.0 Å². The Bertz CT molecular complexity index is 808. The third-order valence-electron chi connectivity index (χ3n) is 5.51. The third-order valence-corrected chi connectivity index (χ3v) is 5.51. The summed E-state index contributed by atoms with van der Waals surface area (Å²) in [6.45, 7) is 8.62. The fourth-order valence-electron chi connectivity index (χ4n) is 4.11. The average molecular weight is 398 g/mol. The number of piperidine rings is 1. The van der Waals surface area contributed by atoms with Crippen LogP contribution in [-0.4, -0.2) is 41.3 Å². The molecule has 0 amide bonds. The first-order valence-electron chi connectivity index (χ1n) is 11.3. The molecule has 2 heterocycles. The normalized spacial score (nSPS) is 16.1. The largest absolute Gasteiger partial charge is 0.494 e. The number of aromatic nitrogens is 2. The Morgan fingerprint density at radius 3 is 2.41 bits per heavy atom. The van der Waals surface area contributed by atoms with Gasteiger partial charge in [0.25, 0.3) is 5.56 Å². The highest BCUT2D eigenvalue weighted by atomic mass is 16.5. The monoisotopic (exact) mass is 397 g/mol. The van der Waals surface area contributed by atoms with Crippen molar-refractivity contribution in [2.75, 3.05) is 26.2 Å². The number of nitrogens with one attached hydrogen (secondary N) is 1. The molecular weight excluding hydrogens is 362 g/mol. The molecule has 1 aliphatic carbocycles. The molecule has 0 unspecified atom stereocenters. The van der Waals surface area contributed by atoms with E-state index in [9.17, 15) is 4.79 Å². The molecule has 1 fully saturated rings. The van der Waals surface area contributed by atoms with Gasteiger partial charge in [0.15, 0.2) is 0 Å². The molecule has 0 spiro atoms. The van der Waals surface area contributed by atoms with Crippen molar-refractivity contribution in [2.45, 2.75) is 65.2 Å². The molecule has 158 valence electrons. The highest BCUT2D eigenvalue weighted by Crippen LogP contribution is 2.29. The van der Waals surface area contributed by atoms with Crippen LogP contribution in [-0.2, 0) is 12.8 Å². The van der Waals surface area contributed by atoms with E-state index in [1.165, 1.54) is 38.8 Å². The van der Waals surface area contributed by atoms with E-state index in [1.54, 1.807) is 0 Å². The van der Waals surface area contributed by atoms with Crippen molar-refractivity contribution >= 4 is 0 Å². The van der Waals surface area contributed by atoms with E-state index < -0.39 is 0 Å². The van der Waals surface area contributed by atoms with E-state index in [4.69, 9.17) is 4.74 Å². The fourth-order valence-corrected chi connectivity index (χ4v) is 4.11. The zero-order valence-electron chi connectivity index (χ0n) is 18.0. The number of likely N-dealkylation sites (tertiary alicyclic amines) is 1. The van der Waals surface area contributed by atoms with E-state index >= 15 is 0 Å². The van der Waals surface area contributed by atoms with Gasteiger partial charge in [-0.15, -0.1) is 0 Å². The predicted octanol–water partition coefficient (Wildman–Crippen LogP) is 4.60. The average Bonchev–Trinajstić information content (AvgIpc) is 3.24. The lowest BCUT2D eigenvalue weighted by Crippen LogP contribution is -2.31. The van der Waals surface area contributed by atoms with Gasteiger partial charge in [0.05, 0.1) is 12.3 Å². The molecule has 5 heteroatoms. The number of hydrogen-bond acceptors (Lipinski definition) is 4. The number of ether oxygens (including phenoxy) is 1. The molecule has 1 aromatic carbocycles. The SMILES string of the molecule is CCC.O=c1[nH]nc(-c2ccc(OCCCN3CCCCC3)cc2)c2c1CCC2. The van der Waals surface area contributed by atoms with Crippen molar-refractivity contribution in [1.29, 1.82) is 0 Å². The van der Waals surface area contributed by atoms with Gasteiger partial charge in [0, 0.05) is 17.7 Å². The Hall–Kier alpha value is -2.14. The maximum absolute atomic E-state index is 11.9. The molecule has 2 aliphatic rings. The van der Waals surface area contributed by atoms with E-state index in [-0.39, 0.29) is 5.56 Å². The van der Waals surface area contributed by atoms with Crippen LogP contribution in [0.2, 0.25) is 0 Å². The maximum Gasteiger partial charge on any atom is 0.267 e. The van der Waals surface area contributed by atoms with Crippen LogP contribution in [0.5, 0.6) is 5.75 Å². The Labute approximate surface area is 174 Å².